The normalized spacial score (nSPS) is 11.4. The molecule has 0 bridgehead atoms. The molecule has 5 aromatic rings. The van der Waals surface area contributed by atoms with Crippen LogP contribution in [0.1, 0.15) is 5.56 Å². The van der Waals surface area contributed by atoms with Crippen molar-refractivity contribution >= 4 is 27.6 Å². The molecule has 5 rings (SSSR count). The van der Waals surface area contributed by atoms with Crippen LogP contribution in [-0.2, 0) is 6.54 Å². The van der Waals surface area contributed by atoms with E-state index in [4.69, 9.17) is 4.74 Å². The summed E-state index contributed by atoms with van der Waals surface area (Å²) in [5.74, 6) is 0.889. The number of likely N-dealkylation sites (N-methyl/N-ethyl adjacent to an activating group) is 1. The average molecular weight is 439 g/mol. The summed E-state index contributed by atoms with van der Waals surface area (Å²) in [5, 5.41) is 5.64. The van der Waals surface area contributed by atoms with E-state index >= 15 is 0 Å². The van der Waals surface area contributed by atoms with Crippen LogP contribution in [0, 0.1) is 0 Å². The van der Waals surface area contributed by atoms with Crippen LogP contribution in [0.2, 0.25) is 0 Å². The second-order valence-electron chi connectivity index (χ2n) is 8.25. The third-order valence-corrected chi connectivity index (χ3v) is 5.52. The van der Waals surface area contributed by atoms with Gasteiger partial charge in [-0.25, -0.2) is 4.98 Å². The number of benzene rings is 1. The molecule has 7 heteroatoms. The van der Waals surface area contributed by atoms with Crippen LogP contribution < -0.4 is 10.1 Å². The number of hydrogen-bond donors (Lipinski definition) is 2. The van der Waals surface area contributed by atoms with Crippen molar-refractivity contribution in [1.29, 1.82) is 0 Å². The van der Waals surface area contributed by atoms with Crippen LogP contribution >= 0.6 is 0 Å². The molecular formula is C26H26N6O. The Hall–Kier alpha value is -3.97. The summed E-state index contributed by atoms with van der Waals surface area (Å²) < 4.78 is 5.77. The van der Waals surface area contributed by atoms with Crippen molar-refractivity contribution in [2.75, 3.05) is 32.6 Å². The quantitative estimate of drug-likeness (QED) is 0.365. The molecule has 0 unspecified atom stereocenters. The Bertz CT molecular complexity index is 1360. The maximum Gasteiger partial charge on any atom is 0.138 e. The van der Waals surface area contributed by atoms with E-state index in [1.165, 1.54) is 5.56 Å². The fourth-order valence-electron chi connectivity index (χ4n) is 3.70. The number of pyridine rings is 3. The van der Waals surface area contributed by atoms with Gasteiger partial charge >= 0.3 is 0 Å². The standard InChI is InChI=1S/C26H26N6O/c1-32(2)10-11-33-21-7-5-18(6-8-21)14-28-20-12-23-22-13-24(19-4-3-9-27-15-19)29-17-25(22)31-26(23)30-16-20/h3-9,12-13,15-17,28H,10-11,14H2,1-2H3,(H,30,31). The summed E-state index contributed by atoms with van der Waals surface area (Å²) in [4.78, 5) is 18.9. The fraction of sp³-hybridized carbons (Fsp3) is 0.192. The summed E-state index contributed by atoms with van der Waals surface area (Å²) in [6.07, 6.45) is 7.30. The van der Waals surface area contributed by atoms with E-state index < -0.39 is 0 Å². The molecule has 0 aliphatic heterocycles. The van der Waals surface area contributed by atoms with E-state index in [2.05, 4.69) is 54.4 Å². The van der Waals surface area contributed by atoms with Gasteiger partial charge in [0.15, 0.2) is 0 Å². The van der Waals surface area contributed by atoms with Crippen molar-refractivity contribution in [3.8, 4) is 17.0 Å². The zero-order chi connectivity index (χ0) is 22.6. The highest BCUT2D eigenvalue weighted by molar-refractivity contribution is 6.07. The number of H-pyrrole nitrogens is 1. The molecule has 0 atom stereocenters. The van der Waals surface area contributed by atoms with E-state index in [-0.39, 0.29) is 0 Å². The van der Waals surface area contributed by atoms with Gasteiger partial charge in [-0.1, -0.05) is 12.1 Å². The topological polar surface area (TPSA) is 79.0 Å². The maximum atomic E-state index is 5.77. The molecule has 0 aliphatic carbocycles. The van der Waals surface area contributed by atoms with Gasteiger partial charge in [0, 0.05) is 41.8 Å². The first kappa shape index (κ1) is 20.9. The highest BCUT2D eigenvalue weighted by Gasteiger charge is 2.09. The monoisotopic (exact) mass is 438 g/mol. The predicted octanol–water partition coefficient (Wildman–Crippen LogP) is 4.73. The van der Waals surface area contributed by atoms with Crippen LogP contribution in [-0.4, -0.2) is 52.1 Å². The Morgan fingerprint density at radius 3 is 2.64 bits per heavy atom. The summed E-state index contributed by atoms with van der Waals surface area (Å²) >= 11 is 0. The maximum absolute atomic E-state index is 5.77. The lowest BCUT2D eigenvalue weighted by Crippen LogP contribution is -2.19. The fourth-order valence-corrected chi connectivity index (χ4v) is 3.70. The summed E-state index contributed by atoms with van der Waals surface area (Å²) in [6, 6.07) is 16.4. The molecule has 0 aliphatic rings. The minimum Gasteiger partial charge on any atom is -0.492 e. The minimum absolute atomic E-state index is 0.679. The van der Waals surface area contributed by atoms with Crippen molar-refractivity contribution in [3.63, 3.8) is 0 Å². The molecule has 4 heterocycles. The third kappa shape index (κ3) is 4.78. The Kier molecular flexibility index (Phi) is 5.87. The number of hydrogen-bond acceptors (Lipinski definition) is 6. The molecule has 33 heavy (non-hydrogen) atoms. The predicted molar refractivity (Wildman–Crippen MR) is 132 cm³/mol. The smallest absolute Gasteiger partial charge is 0.138 e. The molecule has 0 saturated heterocycles. The number of aromatic nitrogens is 4. The van der Waals surface area contributed by atoms with E-state index in [0.717, 1.165) is 51.2 Å². The molecule has 0 saturated carbocycles. The molecule has 1 aromatic carbocycles. The van der Waals surface area contributed by atoms with E-state index in [1.807, 2.05) is 57.0 Å². The van der Waals surface area contributed by atoms with Crippen molar-refractivity contribution in [1.82, 2.24) is 24.8 Å². The molecule has 2 N–H and O–H groups in total. The van der Waals surface area contributed by atoms with Crippen LogP contribution in [0.15, 0.2) is 73.3 Å². The highest BCUT2D eigenvalue weighted by Crippen LogP contribution is 2.29. The van der Waals surface area contributed by atoms with Crippen LogP contribution in [0.4, 0.5) is 5.69 Å². The molecular weight excluding hydrogens is 412 g/mol. The molecule has 0 fully saturated rings. The number of anilines is 1. The number of fused-ring (bicyclic) bond motifs is 3. The second-order valence-corrected chi connectivity index (χ2v) is 8.25. The molecule has 0 amide bonds. The number of aromatic amines is 1. The Morgan fingerprint density at radius 1 is 0.970 bits per heavy atom. The number of ether oxygens (including phenoxy) is 1. The zero-order valence-electron chi connectivity index (χ0n) is 18.7. The Labute approximate surface area is 192 Å². The summed E-state index contributed by atoms with van der Waals surface area (Å²) in [7, 11) is 4.08. The van der Waals surface area contributed by atoms with Gasteiger partial charge in [0.2, 0.25) is 0 Å². The number of nitrogens with zero attached hydrogens (tertiary/aromatic N) is 4. The van der Waals surface area contributed by atoms with Gasteiger partial charge in [0.1, 0.15) is 18.0 Å². The number of rotatable bonds is 8. The van der Waals surface area contributed by atoms with Crippen LogP contribution in [0.25, 0.3) is 33.2 Å². The van der Waals surface area contributed by atoms with Gasteiger partial charge in [0.05, 0.1) is 29.3 Å². The zero-order valence-corrected chi connectivity index (χ0v) is 18.7. The molecule has 4 aromatic heterocycles. The largest absolute Gasteiger partial charge is 0.492 e. The van der Waals surface area contributed by atoms with E-state index in [9.17, 15) is 0 Å². The SMILES string of the molecule is CN(C)CCOc1ccc(CNc2cnc3[nH]c4cnc(-c5cccnc5)cc4c3c2)cc1. The molecule has 166 valence electrons. The van der Waals surface area contributed by atoms with Gasteiger partial charge in [-0.15, -0.1) is 0 Å². The number of nitrogens with one attached hydrogen (secondary N) is 2. The molecule has 0 radical (unpaired) electrons. The van der Waals surface area contributed by atoms with Gasteiger partial charge in [-0.05, 0) is 56.1 Å². The minimum atomic E-state index is 0.679. The van der Waals surface area contributed by atoms with Crippen LogP contribution in [0.3, 0.4) is 0 Å². The van der Waals surface area contributed by atoms with Crippen molar-refractivity contribution in [3.05, 3.63) is 78.9 Å². The van der Waals surface area contributed by atoms with Gasteiger partial charge < -0.3 is 19.9 Å². The first-order chi connectivity index (χ1) is 16.2. The molecule has 7 nitrogen and oxygen atoms in total. The van der Waals surface area contributed by atoms with E-state index in [0.29, 0.717) is 13.2 Å². The Balaban J connectivity index is 1.32. The third-order valence-electron chi connectivity index (χ3n) is 5.52. The lowest BCUT2D eigenvalue weighted by molar-refractivity contribution is 0.261. The van der Waals surface area contributed by atoms with Crippen molar-refractivity contribution < 1.29 is 4.74 Å². The Morgan fingerprint density at radius 2 is 1.85 bits per heavy atom. The van der Waals surface area contributed by atoms with E-state index in [1.54, 1.807) is 6.20 Å². The first-order valence-electron chi connectivity index (χ1n) is 10.9. The summed E-state index contributed by atoms with van der Waals surface area (Å²) in [6.45, 7) is 2.28. The summed E-state index contributed by atoms with van der Waals surface area (Å²) in [5.41, 5.74) is 5.84. The highest BCUT2D eigenvalue weighted by atomic mass is 16.5. The first-order valence-corrected chi connectivity index (χ1v) is 10.9. The molecule has 0 spiro atoms. The lowest BCUT2D eigenvalue weighted by atomic mass is 10.1. The second kappa shape index (κ2) is 9.26. The van der Waals surface area contributed by atoms with Gasteiger partial charge in [0.25, 0.3) is 0 Å². The van der Waals surface area contributed by atoms with Crippen molar-refractivity contribution in [2.24, 2.45) is 0 Å². The van der Waals surface area contributed by atoms with Crippen molar-refractivity contribution in [2.45, 2.75) is 6.54 Å². The van der Waals surface area contributed by atoms with Gasteiger partial charge in [-0.2, -0.15) is 0 Å². The average Bonchev–Trinajstić information content (AvgIpc) is 3.21. The van der Waals surface area contributed by atoms with Crippen LogP contribution in [0.5, 0.6) is 5.75 Å². The lowest BCUT2D eigenvalue weighted by Gasteiger charge is -2.11. The van der Waals surface area contributed by atoms with Gasteiger partial charge in [-0.3, -0.25) is 9.97 Å².